The van der Waals surface area contributed by atoms with Gasteiger partial charge in [0.25, 0.3) is 5.91 Å². The molecule has 2 heterocycles. The normalized spacial score (nSPS) is 19.6. The number of likely N-dealkylation sites (N-methyl/N-ethyl adjacent to an activating group) is 1. The van der Waals surface area contributed by atoms with Gasteiger partial charge in [-0.15, -0.1) is 0 Å². The smallest absolute Gasteiger partial charge is 0.274 e. The molecule has 5 nitrogen and oxygen atoms in total. The summed E-state index contributed by atoms with van der Waals surface area (Å²) < 4.78 is 0. The summed E-state index contributed by atoms with van der Waals surface area (Å²) in [6.45, 7) is 1.57. The van der Waals surface area contributed by atoms with E-state index in [4.69, 9.17) is 11.6 Å². The lowest BCUT2D eigenvalue weighted by molar-refractivity contribution is 0.0731. The zero-order valence-corrected chi connectivity index (χ0v) is 10.4. The van der Waals surface area contributed by atoms with Crippen LogP contribution in [0.1, 0.15) is 23.3 Å². The Morgan fingerprint density at radius 1 is 1.71 bits per heavy atom. The molecule has 92 valence electrons. The number of hydrogen-bond acceptors (Lipinski definition) is 4. The van der Waals surface area contributed by atoms with Gasteiger partial charge in [-0.05, 0) is 19.9 Å². The van der Waals surface area contributed by atoms with Crippen molar-refractivity contribution in [2.24, 2.45) is 0 Å². The highest BCUT2D eigenvalue weighted by atomic mass is 35.5. The minimum absolute atomic E-state index is 0.102. The number of rotatable bonds is 3. The molecule has 1 aliphatic rings. The fraction of sp³-hybridized carbons (Fsp3) is 0.545. The molecule has 0 aliphatic carbocycles. The molecule has 17 heavy (non-hydrogen) atoms. The van der Waals surface area contributed by atoms with Crippen LogP contribution >= 0.6 is 11.6 Å². The SMILES string of the molecule is CNC[C@H]1CCCN1C(=O)c1ncncc1Cl. The van der Waals surface area contributed by atoms with Crippen molar-refractivity contribution in [3.05, 3.63) is 23.2 Å². The first kappa shape index (κ1) is 12.3. The van der Waals surface area contributed by atoms with Gasteiger partial charge in [-0.2, -0.15) is 0 Å². The van der Waals surface area contributed by atoms with Crippen molar-refractivity contribution in [2.45, 2.75) is 18.9 Å². The van der Waals surface area contributed by atoms with Crippen molar-refractivity contribution in [1.29, 1.82) is 0 Å². The molecule has 1 saturated heterocycles. The van der Waals surface area contributed by atoms with Crippen LogP contribution in [-0.4, -0.2) is 47.0 Å². The molecule has 1 aromatic heterocycles. The summed E-state index contributed by atoms with van der Waals surface area (Å²) in [5.41, 5.74) is 0.296. The molecule has 1 aliphatic heterocycles. The highest BCUT2D eigenvalue weighted by Crippen LogP contribution is 2.21. The monoisotopic (exact) mass is 254 g/mol. The van der Waals surface area contributed by atoms with E-state index in [0.717, 1.165) is 25.9 Å². The topological polar surface area (TPSA) is 58.1 Å². The number of carbonyl (C=O) groups is 1. The lowest BCUT2D eigenvalue weighted by Crippen LogP contribution is -2.41. The molecule has 0 bridgehead atoms. The van der Waals surface area contributed by atoms with Gasteiger partial charge < -0.3 is 10.2 Å². The fourth-order valence-corrected chi connectivity index (χ4v) is 2.34. The van der Waals surface area contributed by atoms with Gasteiger partial charge in [-0.3, -0.25) is 4.79 Å². The number of carbonyl (C=O) groups excluding carboxylic acids is 1. The zero-order chi connectivity index (χ0) is 12.3. The minimum atomic E-state index is -0.102. The lowest BCUT2D eigenvalue weighted by atomic mass is 10.2. The summed E-state index contributed by atoms with van der Waals surface area (Å²) in [7, 11) is 1.89. The molecule has 1 fully saturated rings. The number of likely N-dealkylation sites (tertiary alicyclic amines) is 1. The van der Waals surface area contributed by atoms with Crippen molar-refractivity contribution in [3.63, 3.8) is 0 Å². The van der Waals surface area contributed by atoms with Crippen molar-refractivity contribution < 1.29 is 4.79 Å². The first-order valence-corrected chi connectivity index (χ1v) is 6.03. The van der Waals surface area contributed by atoms with Crippen LogP contribution in [0.4, 0.5) is 0 Å². The van der Waals surface area contributed by atoms with Crippen LogP contribution in [0.25, 0.3) is 0 Å². The van der Waals surface area contributed by atoms with Crippen molar-refractivity contribution in [1.82, 2.24) is 20.2 Å². The molecular weight excluding hydrogens is 240 g/mol. The molecule has 0 spiro atoms. The largest absolute Gasteiger partial charge is 0.333 e. The highest BCUT2D eigenvalue weighted by Gasteiger charge is 2.30. The maximum atomic E-state index is 12.3. The lowest BCUT2D eigenvalue weighted by Gasteiger charge is -2.24. The second-order valence-electron chi connectivity index (χ2n) is 4.07. The van der Waals surface area contributed by atoms with E-state index < -0.39 is 0 Å². The number of amides is 1. The summed E-state index contributed by atoms with van der Waals surface area (Å²) >= 11 is 5.93. The van der Waals surface area contributed by atoms with E-state index in [9.17, 15) is 4.79 Å². The van der Waals surface area contributed by atoms with E-state index in [1.54, 1.807) is 0 Å². The van der Waals surface area contributed by atoms with Crippen LogP contribution in [0.3, 0.4) is 0 Å². The average molecular weight is 255 g/mol. The van der Waals surface area contributed by atoms with Crippen molar-refractivity contribution in [3.8, 4) is 0 Å². The third kappa shape index (κ3) is 2.56. The standard InChI is InChI=1S/C11H15ClN4O/c1-13-5-8-3-2-4-16(8)11(17)10-9(12)6-14-7-15-10/h6-8,13H,2-5H2,1H3/t8-/m1/s1. The van der Waals surface area contributed by atoms with E-state index in [1.807, 2.05) is 11.9 Å². The molecule has 0 radical (unpaired) electrons. The maximum Gasteiger partial charge on any atom is 0.274 e. The zero-order valence-electron chi connectivity index (χ0n) is 9.69. The number of aromatic nitrogens is 2. The third-order valence-electron chi connectivity index (χ3n) is 2.95. The Morgan fingerprint density at radius 3 is 3.24 bits per heavy atom. The van der Waals surface area contributed by atoms with Crippen LogP contribution in [0.15, 0.2) is 12.5 Å². The molecule has 2 rings (SSSR count). The van der Waals surface area contributed by atoms with E-state index in [-0.39, 0.29) is 11.9 Å². The van der Waals surface area contributed by atoms with Crippen molar-refractivity contribution >= 4 is 17.5 Å². The highest BCUT2D eigenvalue weighted by molar-refractivity contribution is 6.33. The Balaban J connectivity index is 2.17. The predicted octanol–water partition coefficient (Wildman–Crippen LogP) is 0.954. The molecule has 1 amide bonds. The molecular formula is C11H15ClN4O. The van der Waals surface area contributed by atoms with Crippen molar-refractivity contribution in [2.75, 3.05) is 20.1 Å². The summed E-state index contributed by atoms with van der Waals surface area (Å²) in [5, 5.41) is 3.41. The summed E-state index contributed by atoms with van der Waals surface area (Å²) in [4.78, 5) is 21.9. The van der Waals surface area contributed by atoms with Gasteiger partial charge in [0.1, 0.15) is 12.0 Å². The van der Waals surface area contributed by atoms with E-state index >= 15 is 0 Å². The van der Waals surface area contributed by atoms with Crippen LogP contribution in [0, 0.1) is 0 Å². The van der Waals surface area contributed by atoms with E-state index in [0.29, 0.717) is 10.7 Å². The van der Waals surface area contributed by atoms with Crippen LogP contribution in [0.2, 0.25) is 5.02 Å². The average Bonchev–Trinajstić information content (AvgIpc) is 2.78. The van der Waals surface area contributed by atoms with E-state index in [1.165, 1.54) is 12.5 Å². The number of nitrogens with one attached hydrogen (secondary N) is 1. The fourth-order valence-electron chi connectivity index (χ4n) is 2.16. The summed E-state index contributed by atoms with van der Waals surface area (Å²) in [6, 6.07) is 0.235. The molecule has 1 aromatic rings. The Labute approximate surface area is 105 Å². The van der Waals surface area contributed by atoms with Crippen LogP contribution in [-0.2, 0) is 0 Å². The van der Waals surface area contributed by atoms with Crippen LogP contribution in [0.5, 0.6) is 0 Å². The molecule has 1 atom stereocenters. The van der Waals surface area contributed by atoms with Gasteiger partial charge >= 0.3 is 0 Å². The molecule has 1 N–H and O–H groups in total. The minimum Gasteiger partial charge on any atom is -0.333 e. The van der Waals surface area contributed by atoms with Gasteiger partial charge in [0, 0.05) is 25.3 Å². The molecule has 0 unspecified atom stereocenters. The van der Waals surface area contributed by atoms with Crippen LogP contribution < -0.4 is 5.32 Å². The molecule has 6 heteroatoms. The number of hydrogen-bond donors (Lipinski definition) is 1. The summed E-state index contributed by atoms with van der Waals surface area (Å²) in [5.74, 6) is -0.102. The maximum absolute atomic E-state index is 12.3. The Kier molecular flexibility index (Phi) is 3.91. The second-order valence-corrected chi connectivity index (χ2v) is 4.48. The Bertz CT molecular complexity index is 412. The van der Waals surface area contributed by atoms with Gasteiger partial charge in [0.15, 0.2) is 0 Å². The Hall–Kier alpha value is -1.20. The molecule has 0 saturated carbocycles. The molecule has 0 aromatic carbocycles. The predicted molar refractivity (Wildman–Crippen MR) is 65.0 cm³/mol. The first-order valence-electron chi connectivity index (χ1n) is 5.65. The number of nitrogens with zero attached hydrogens (tertiary/aromatic N) is 3. The quantitative estimate of drug-likeness (QED) is 0.873. The van der Waals surface area contributed by atoms with Gasteiger partial charge in [0.2, 0.25) is 0 Å². The second kappa shape index (κ2) is 5.42. The van der Waals surface area contributed by atoms with Gasteiger partial charge in [0.05, 0.1) is 5.02 Å². The summed E-state index contributed by atoms with van der Waals surface area (Å²) in [6.07, 6.45) is 4.85. The Morgan fingerprint density at radius 2 is 2.53 bits per heavy atom. The van der Waals surface area contributed by atoms with Gasteiger partial charge in [-0.1, -0.05) is 11.6 Å². The number of halogens is 1. The van der Waals surface area contributed by atoms with E-state index in [2.05, 4.69) is 15.3 Å². The first-order chi connectivity index (χ1) is 8.24. The van der Waals surface area contributed by atoms with Gasteiger partial charge in [-0.25, -0.2) is 9.97 Å². The third-order valence-corrected chi connectivity index (χ3v) is 3.22.